The highest BCUT2D eigenvalue weighted by Gasteiger charge is 2.08. The van der Waals surface area contributed by atoms with Gasteiger partial charge in [-0.05, 0) is 53.2 Å². The van der Waals surface area contributed by atoms with Crippen LogP contribution in [0.25, 0.3) is 0 Å². The van der Waals surface area contributed by atoms with E-state index in [1.54, 1.807) is 0 Å². The van der Waals surface area contributed by atoms with Gasteiger partial charge in [-0.15, -0.1) is 0 Å². The molecule has 0 saturated heterocycles. The monoisotopic (exact) mass is 338 g/mol. The zero-order chi connectivity index (χ0) is 18.2. The number of unbranched alkanes of at least 4 members (excludes halogenated alkanes) is 9. The fourth-order valence-corrected chi connectivity index (χ4v) is 3.11. The number of rotatable bonds is 16. The molecule has 0 fully saturated rings. The van der Waals surface area contributed by atoms with Crippen molar-refractivity contribution >= 4 is 5.91 Å². The van der Waals surface area contributed by atoms with Gasteiger partial charge in [0.2, 0.25) is 5.91 Å². The number of nitrogens with two attached hydrogens (primary N) is 1. The minimum Gasteiger partial charge on any atom is -0.366 e. The second kappa shape index (κ2) is 15.7. The molecule has 0 saturated carbocycles. The van der Waals surface area contributed by atoms with Crippen molar-refractivity contribution < 1.29 is 4.79 Å². The van der Waals surface area contributed by atoms with Crippen LogP contribution in [0.2, 0.25) is 0 Å². The average molecular weight is 339 g/mol. The second-order valence-electron chi connectivity index (χ2n) is 7.43. The molecule has 0 heterocycles. The van der Waals surface area contributed by atoms with Crippen LogP contribution >= 0.6 is 0 Å². The summed E-state index contributed by atoms with van der Waals surface area (Å²) in [5.74, 6) is -0.248. The summed E-state index contributed by atoms with van der Waals surface area (Å²) >= 11 is 0. The Kier molecular flexibility index (Phi) is 15.1. The largest absolute Gasteiger partial charge is 0.366 e. The highest BCUT2D eigenvalue weighted by molar-refractivity contribution is 5.92. The second-order valence-corrected chi connectivity index (χ2v) is 7.43. The molecule has 24 heavy (non-hydrogen) atoms. The lowest BCUT2D eigenvalue weighted by molar-refractivity contribution is -0.114. The SMILES string of the molecule is CCCCCCCCCCCCC(CCCN(C)C)=C(C)C(N)=O. The van der Waals surface area contributed by atoms with Crippen molar-refractivity contribution in [2.24, 2.45) is 5.73 Å². The summed E-state index contributed by atoms with van der Waals surface area (Å²) in [6.07, 6.45) is 16.6. The average Bonchev–Trinajstić information content (AvgIpc) is 2.53. The van der Waals surface area contributed by atoms with Crippen molar-refractivity contribution in [2.45, 2.75) is 97.3 Å². The van der Waals surface area contributed by atoms with Crippen molar-refractivity contribution in [3.63, 3.8) is 0 Å². The van der Waals surface area contributed by atoms with Crippen LogP contribution in [0.4, 0.5) is 0 Å². The fraction of sp³-hybridized carbons (Fsp3) is 0.857. The predicted octanol–water partition coefficient (Wildman–Crippen LogP) is 5.44. The number of amides is 1. The molecule has 0 unspecified atom stereocenters. The first-order chi connectivity index (χ1) is 11.5. The Morgan fingerprint density at radius 2 is 1.25 bits per heavy atom. The van der Waals surface area contributed by atoms with Crippen LogP contribution < -0.4 is 5.73 Å². The van der Waals surface area contributed by atoms with Crippen LogP contribution in [0.3, 0.4) is 0 Å². The zero-order valence-electron chi connectivity index (χ0n) is 16.8. The van der Waals surface area contributed by atoms with E-state index in [-0.39, 0.29) is 5.91 Å². The number of allylic oxidation sites excluding steroid dienone is 1. The van der Waals surface area contributed by atoms with Gasteiger partial charge in [0.15, 0.2) is 0 Å². The van der Waals surface area contributed by atoms with Gasteiger partial charge in [0.1, 0.15) is 0 Å². The molecular formula is C21H42N2O. The van der Waals surface area contributed by atoms with Gasteiger partial charge in [-0.1, -0.05) is 70.3 Å². The van der Waals surface area contributed by atoms with Crippen LogP contribution in [-0.2, 0) is 4.79 Å². The number of primary amides is 1. The van der Waals surface area contributed by atoms with E-state index in [0.29, 0.717) is 0 Å². The molecule has 0 aliphatic rings. The molecule has 2 N–H and O–H groups in total. The Bertz CT molecular complexity index is 348. The maximum absolute atomic E-state index is 11.5. The van der Waals surface area contributed by atoms with E-state index in [1.807, 2.05) is 6.92 Å². The molecule has 0 radical (unpaired) electrons. The van der Waals surface area contributed by atoms with Crippen LogP contribution in [-0.4, -0.2) is 31.4 Å². The topological polar surface area (TPSA) is 46.3 Å². The Labute approximate surface area is 151 Å². The van der Waals surface area contributed by atoms with E-state index in [9.17, 15) is 4.79 Å². The third-order valence-corrected chi connectivity index (χ3v) is 4.82. The first kappa shape index (κ1) is 23.2. The maximum Gasteiger partial charge on any atom is 0.244 e. The summed E-state index contributed by atoms with van der Waals surface area (Å²) in [7, 11) is 4.18. The number of carbonyl (C=O) groups is 1. The van der Waals surface area contributed by atoms with E-state index < -0.39 is 0 Å². The normalized spacial score (nSPS) is 12.5. The lowest BCUT2D eigenvalue weighted by atomic mass is 9.96. The quantitative estimate of drug-likeness (QED) is 0.301. The van der Waals surface area contributed by atoms with Gasteiger partial charge in [-0.3, -0.25) is 4.79 Å². The molecular weight excluding hydrogens is 296 g/mol. The molecule has 142 valence electrons. The molecule has 0 aliphatic carbocycles. The summed E-state index contributed by atoms with van der Waals surface area (Å²) in [5.41, 5.74) is 7.56. The van der Waals surface area contributed by atoms with Crippen molar-refractivity contribution in [1.82, 2.24) is 4.90 Å². The first-order valence-electron chi connectivity index (χ1n) is 10.1. The van der Waals surface area contributed by atoms with Gasteiger partial charge in [0, 0.05) is 5.57 Å². The number of hydrogen-bond acceptors (Lipinski definition) is 2. The van der Waals surface area contributed by atoms with E-state index in [1.165, 1.54) is 69.8 Å². The molecule has 0 aromatic carbocycles. The molecule has 3 nitrogen and oxygen atoms in total. The van der Waals surface area contributed by atoms with Gasteiger partial charge >= 0.3 is 0 Å². The van der Waals surface area contributed by atoms with Gasteiger partial charge in [-0.25, -0.2) is 0 Å². The van der Waals surface area contributed by atoms with Crippen molar-refractivity contribution in [2.75, 3.05) is 20.6 Å². The van der Waals surface area contributed by atoms with Gasteiger partial charge in [-0.2, -0.15) is 0 Å². The molecule has 0 aromatic rings. The fourth-order valence-electron chi connectivity index (χ4n) is 3.11. The van der Waals surface area contributed by atoms with E-state index in [2.05, 4.69) is 25.9 Å². The lowest BCUT2D eigenvalue weighted by Crippen LogP contribution is -2.16. The van der Waals surface area contributed by atoms with Crippen molar-refractivity contribution in [3.8, 4) is 0 Å². The number of nitrogens with zero attached hydrogens (tertiary/aromatic N) is 1. The Morgan fingerprint density at radius 3 is 1.71 bits per heavy atom. The Balaban J connectivity index is 3.87. The van der Waals surface area contributed by atoms with Crippen LogP contribution in [0.5, 0.6) is 0 Å². The number of carbonyl (C=O) groups excluding carboxylic acids is 1. The third kappa shape index (κ3) is 13.6. The summed E-state index contributed by atoms with van der Waals surface area (Å²) in [6, 6.07) is 0. The minimum absolute atomic E-state index is 0.248. The first-order valence-corrected chi connectivity index (χ1v) is 10.1. The van der Waals surface area contributed by atoms with E-state index >= 15 is 0 Å². The molecule has 3 heteroatoms. The molecule has 0 atom stereocenters. The van der Waals surface area contributed by atoms with Gasteiger partial charge < -0.3 is 10.6 Å². The highest BCUT2D eigenvalue weighted by atomic mass is 16.1. The minimum atomic E-state index is -0.248. The van der Waals surface area contributed by atoms with Crippen molar-refractivity contribution in [3.05, 3.63) is 11.1 Å². The van der Waals surface area contributed by atoms with Gasteiger partial charge in [0.25, 0.3) is 0 Å². The van der Waals surface area contributed by atoms with E-state index in [4.69, 9.17) is 5.73 Å². The molecule has 1 amide bonds. The van der Waals surface area contributed by atoms with Crippen molar-refractivity contribution in [1.29, 1.82) is 0 Å². The summed E-state index contributed by atoms with van der Waals surface area (Å²) in [6.45, 7) is 5.22. The predicted molar refractivity (Wildman–Crippen MR) is 106 cm³/mol. The maximum atomic E-state index is 11.5. The lowest BCUT2D eigenvalue weighted by Gasteiger charge is -2.13. The molecule has 0 spiro atoms. The smallest absolute Gasteiger partial charge is 0.244 e. The Hall–Kier alpha value is -0.830. The van der Waals surface area contributed by atoms with Gasteiger partial charge in [0.05, 0.1) is 0 Å². The molecule has 0 aromatic heterocycles. The summed E-state index contributed by atoms with van der Waals surface area (Å²) in [4.78, 5) is 13.7. The summed E-state index contributed by atoms with van der Waals surface area (Å²) < 4.78 is 0. The summed E-state index contributed by atoms with van der Waals surface area (Å²) in [5, 5.41) is 0. The van der Waals surface area contributed by atoms with Crippen LogP contribution in [0.1, 0.15) is 97.3 Å². The number of hydrogen-bond donors (Lipinski definition) is 1. The van der Waals surface area contributed by atoms with Crippen LogP contribution in [0, 0.1) is 0 Å². The highest BCUT2D eigenvalue weighted by Crippen LogP contribution is 2.20. The van der Waals surface area contributed by atoms with Crippen LogP contribution in [0.15, 0.2) is 11.1 Å². The zero-order valence-corrected chi connectivity index (χ0v) is 16.8. The third-order valence-electron chi connectivity index (χ3n) is 4.82. The standard InChI is InChI=1S/C21H42N2O/c1-5-6-7-8-9-10-11-12-13-14-16-20(19(2)21(22)24)17-15-18-23(3)4/h5-18H2,1-4H3,(H2,22,24). The van der Waals surface area contributed by atoms with E-state index in [0.717, 1.165) is 31.4 Å². The molecule has 0 rings (SSSR count). The molecule has 0 bridgehead atoms. The Morgan fingerprint density at radius 1 is 0.792 bits per heavy atom. The molecule has 0 aliphatic heterocycles.